The van der Waals surface area contributed by atoms with Crippen LogP contribution < -0.4 is 9.47 Å². The molecule has 1 fully saturated rings. The van der Waals surface area contributed by atoms with Crippen molar-refractivity contribution < 1.29 is 19.0 Å². The fourth-order valence-corrected chi connectivity index (χ4v) is 3.17. The number of benzene rings is 1. The van der Waals surface area contributed by atoms with Gasteiger partial charge in [0.1, 0.15) is 13.2 Å². The number of fused-ring (bicyclic) bond motifs is 1. The fraction of sp³-hybridized carbons (Fsp3) is 0.611. The third-order valence-corrected chi connectivity index (χ3v) is 4.47. The zero-order valence-corrected chi connectivity index (χ0v) is 14.3. The van der Waals surface area contributed by atoms with Gasteiger partial charge in [0, 0.05) is 32.7 Å². The van der Waals surface area contributed by atoms with Crippen molar-refractivity contribution in [2.75, 3.05) is 59.1 Å². The van der Waals surface area contributed by atoms with Gasteiger partial charge in [0.2, 0.25) is 0 Å². The van der Waals surface area contributed by atoms with E-state index in [9.17, 15) is 4.79 Å². The summed E-state index contributed by atoms with van der Waals surface area (Å²) in [5.41, 5.74) is 1.21. The Bertz CT molecular complexity index is 556. The van der Waals surface area contributed by atoms with Crippen LogP contribution in [-0.4, -0.2) is 74.9 Å². The highest BCUT2D eigenvalue weighted by Crippen LogP contribution is 2.33. The van der Waals surface area contributed by atoms with Gasteiger partial charge < -0.3 is 19.1 Å². The second-order valence-electron chi connectivity index (χ2n) is 6.11. The summed E-state index contributed by atoms with van der Waals surface area (Å²) in [6, 6.07) is 6.11. The first kappa shape index (κ1) is 17.0. The Labute approximate surface area is 143 Å². The van der Waals surface area contributed by atoms with E-state index < -0.39 is 0 Å². The highest BCUT2D eigenvalue weighted by Gasteiger charge is 2.20. The zero-order chi connectivity index (χ0) is 16.8. The Morgan fingerprint density at radius 1 is 1.12 bits per heavy atom. The van der Waals surface area contributed by atoms with Crippen LogP contribution in [0.1, 0.15) is 12.5 Å². The average molecular weight is 334 g/mol. The number of hydrogen-bond donors (Lipinski definition) is 0. The van der Waals surface area contributed by atoms with Gasteiger partial charge in [-0.2, -0.15) is 0 Å². The molecule has 0 spiro atoms. The van der Waals surface area contributed by atoms with Gasteiger partial charge in [0.15, 0.2) is 11.5 Å². The van der Waals surface area contributed by atoms with Crippen molar-refractivity contribution in [3.05, 3.63) is 23.8 Å². The summed E-state index contributed by atoms with van der Waals surface area (Å²) < 4.78 is 16.4. The predicted octanol–water partition coefficient (Wildman–Crippen LogP) is 1.18. The Morgan fingerprint density at radius 3 is 2.67 bits per heavy atom. The van der Waals surface area contributed by atoms with E-state index in [1.165, 1.54) is 5.56 Å². The molecule has 1 aromatic carbocycles. The van der Waals surface area contributed by atoms with E-state index in [0.29, 0.717) is 26.4 Å². The molecule has 6 nitrogen and oxygen atoms in total. The maximum Gasteiger partial charge on any atom is 0.320 e. The lowest BCUT2D eigenvalue weighted by Crippen LogP contribution is -2.48. The summed E-state index contributed by atoms with van der Waals surface area (Å²) in [7, 11) is 0. The first-order chi connectivity index (χ1) is 11.8. The van der Waals surface area contributed by atoms with E-state index in [1.807, 2.05) is 19.1 Å². The molecule has 132 valence electrons. The highest BCUT2D eigenvalue weighted by molar-refractivity contribution is 5.71. The lowest BCUT2D eigenvalue weighted by atomic mass is 10.1. The van der Waals surface area contributed by atoms with Crippen molar-refractivity contribution >= 4 is 5.97 Å². The molecule has 1 aromatic rings. The van der Waals surface area contributed by atoms with Crippen molar-refractivity contribution in [1.29, 1.82) is 0 Å². The van der Waals surface area contributed by atoms with Gasteiger partial charge in [-0.15, -0.1) is 0 Å². The van der Waals surface area contributed by atoms with Crippen LogP contribution in [0.15, 0.2) is 18.2 Å². The summed E-state index contributed by atoms with van der Waals surface area (Å²) >= 11 is 0. The van der Waals surface area contributed by atoms with E-state index in [4.69, 9.17) is 14.2 Å². The molecule has 2 heterocycles. The van der Waals surface area contributed by atoms with Crippen LogP contribution in [0.2, 0.25) is 0 Å². The van der Waals surface area contributed by atoms with Crippen molar-refractivity contribution in [2.45, 2.75) is 13.3 Å². The molecule has 0 unspecified atom stereocenters. The standard InChI is InChI=1S/C18H26N2O4/c1-2-22-17(21)14-20-10-8-19(9-11-20)7-6-15-4-3-5-16-18(15)24-13-12-23-16/h3-5H,2,6-14H2,1H3. The molecular weight excluding hydrogens is 308 g/mol. The molecule has 3 rings (SSSR count). The van der Waals surface area contributed by atoms with E-state index in [-0.39, 0.29) is 5.97 Å². The lowest BCUT2D eigenvalue weighted by Gasteiger charge is -2.34. The van der Waals surface area contributed by atoms with E-state index in [1.54, 1.807) is 0 Å². The Kier molecular flexibility index (Phi) is 5.93. The van der Waals surface area contributed by atoms with Crippen LogP contribution in [-0.2, 0) is 16.0 Å². The van der Waals surface area contributed by atoms with Gasteiger partial charge in [-0.25, -0.2) is 0 Å². The predicted molar refractivity (Wildman–Crippen MR) is 90.6 cm³/mol. The number of esters is 1. The maximum atomic E-state index is 11.5. The van der Waals surface area contributed by atoms with Crippen LogP contribution in [0.4, 0.5) is 0 Å². The number of hydrogen-bond acceptors (Lipinski definition) is 6. The minimum absolute atomic E-state index is 0.126. The van der Waals surface area contributed by atoms with Gasteiger partial charge in [-0.3, -0.25) is 9.69 Å². The highest BCUT2D eigenvalue weighted by atomic mass is 16.6. The molecule has 2 aliphatic heterocycles. The first-order valence-electron chi connectivity index (χ1n) is 8.74. The summed E-state index contributed by atoms with van der Waals surface area (Å²) in [5.74, 6) is 1.64. The molecule has 0 radical (unpaired) electrons. The molecule has 2 aliphatic rings. The molecule has 0 bridgehead atoms. The summed E-state index contributed by atoms with van der Waals surface area (Å²) in [5, 5.41) is 0. The average Bonchev–Trinajstić information content (AvgIpc) is 2.61. The zero-order valence-electron chi connectivity index (χ0n) is 14.3. The van der Waals surface area contributed by atoms with Crippen molar-refractivity contribution in [3.63, 3.8) is 0 Å². The number of ether oxygens (including phenoxy) is 3. The third kappa shape index (κ3) is 4.39. The first-order valence-corrected chi connectivity index (χ1v) is 8.74. The van der Waals surface area contributed by atoms with Gasteiger partial charge in [0.25, 0.3) is 0 Å². The van der Waals surface area contributed by atoms with Crippen LogP contribution in [0.5, 0.6) is 11.5 Å². The summed E-state index contributed by atoms with van der Waals surface area (Å²) in [6.45, 7) is 8.70. The normalized spacial score (nSPS) is 18.4. The number of carbonyl (C=O) groups excluding carboxylic acids is 1. The Morgan fingerprint density at radius 2 is 1.88 bits per heavy atom. The molecule has 0 atom stereocenters. The maximum absolute atomic E-state index is 11.5. The number of carbonyl (C=O) groups is 1. The van der Waals surface area contributed by atoms with Crippen LogP contribution in [0.3, 0.4) is 0 Å². The summed E-state index contributed by atoms with van der Waals surface area (Å²) in [4.78, 5) is 16.1. The number of rotatable bonds is 6. The molecule has 0 aromatic heterocycles. The fourth-order valence-electron chi connectivity index (χ4n) is 3.17. The van der Waals surface area contributed by atoms with Crippen LogP contribution in [0, 0.1) is 0 Å². The SMILES string of the molecule is CCOC(=O)CN1CCN(CCc2cccc3c2OCCO3)CC1. The topological polar surface area (TPSA) is 51.2 Å². The molecule has 0 saturated carbocycles. The van der Waals surface area contributed by atoms with Crippen LogP contribution in [0.25, 0.3) is 0 Å². The molecule has 0 amide bonds. The molecule has 6 heteroatoms. The Hall–Kier alpha value is -1.79. The van der Waals surface area contributed by atoms with Crippen LogP contribution >= 0.6 is 0 Å². The quantitative estimate of drug-likeness (QED) is 0.728. The van der Waals surface area contributed by atoms with Gasteiger partial charge in [-0.05, 0) is 25.0 Å². The summed E-state index contributed by atoms with van der Waals surface area (Å²) in [6.07, 6.45) is 0.949. The monoisotopic (exact) mass is 334 g/mol. The molecule has 24 heavy (non-hydrogen) atoms. The lowest BCUT2D eigenvalue weighted by molar-refractivity contribution is -0.144. The number of nitrogens with zero attached hydrogens (tertiary/aromatic N) is 2. The second-order valence-corrected chi connectivity index (χ2v) is 6.11. The van der Waals surface area contributed by atoms with E-state index >= 15 is 0 Å². The number of para-hydroxylation sites is 1. The Balaban J connectivity index is 1.45. The van der Waals surface area contributed by atoms with Crippen molar-refractivity contribution in [2.24, 2.45) is 0 Å². The molecule has 1 saturated heterocycles. The minimum atomic E-state index is -0.126. The van der Waals surface area contributed by atoms with Gasteiger partial charge >= 0.3 is 5.97 Å². The largest absolute Gasteiger partial charge is 0.486 e. The third-order valence-electron chi connectivity index (χ3n) is 4.47. The van der Waals surface area contributed by atoms with E-state index in [0.717, 1.165) is 50.6 Å². The van der Waals surface area contributed by atoms with Gasteiger partial charge in [0.05, 0.1) is 13.2 Å². The number of piperazine rings is 1. The second kappa shape index (κ2) is 8.35. The van der Waals surface area contributed by atoms with Gasteiger partial charge in [-0.1, -0.05) is 12.1 Å². The molecule has 0 aliphatic carbocycles. The molecule has 0 N–H and O–H groups in total. The molecular formula is C18H26N2O4. The minimum Gasteiger partial charge on any atom is -0.486 e. The van der Waals surface area contributed by atoms with Crippen molar-refractivity contribution in [1.82, 2.24) is 9.80 Å². The van der Waals surface area contributed by atoms with Crippen molar-refractivity contribution in [3.8, 4) is 11.5 Å². The van der Waals surface area contributed by atoms with E-state index in [2.05, 4.69) is 15.9 Å². The smallest absolute Gasteiger partial charge is 0.320 e.